The van der Waals surface area contributed by atoms with E-state index < -0.39 is 11.6 Å². The second kappa shape index (κ2) is 6.23. The second-order valence-electron chi connectivity index (χ2n) is 7.83. The molecule has 1 aliphatic rings. The van der Waals surface area contributed by atoms with Gasteiger partial charge in [-0.05, 0) is 45.9 Å². The minimum Gasteiger partial charge on any atom is -0.478 e. The molecular weight excluding hydrogens is 334 g/mol. The molecule has 1 aromatic heterocycles. The number of carbonyl (C=O) groups excluding carboxylic acids is 1. The summed E-state index contributed by atoms with van der Waals surface area (Å²) in [5.41, 5.74) is 2.24. The molecule has 2 N–H and O–H groups in total. The van der Waals surface area contributed by atoms with Gasteiger partial charge < -0.3 is 24.6 Å². The van der Waals surface area contributed by atoms with Gasteiger partial charge in [0.1, 0.15) is 5.60 Å². The van der Waals surface area contributed by atoms with Crippen molar-refractivity contribution in [3.8, 4) is 0 Å². The molecule has 0 aliphatic carbocycles. The van der Waals surface area contributed by atoms with Crippen LogP contribution in [0.15, 0.2) is 18.2 Å². The highest BCUT2D eigenvalue weighted by molar-refractivity contribution is 6.06. The Morgan fingerprint density at radius 3 is 2.54 bits per heavy atom. The monoisotopic (exact) mass is 359 g/mol. The van der Waals surface area contributed by atoms with Gasteiger partial charge in [-0.25, -0.2) is 9.59 Å². The van der Waals surface area contributed by atoms with Gasteiger partial charge in [0.25, 0.3) is 0 Å². The third-order valence-electron chi connectivity index (χ3n) is 4.58. The minimum absolute atomic E-state index is 0.164. The number of rotatable bonds is 3. The summed E-state index contributed by atoms with van der Waals surface area (Å²) in [5, 5.41) is 10.3. The number of aromatic amines is 1. The zero-order valence-corrected chi connectivity index (χ0v) is 15.8. The third kappa shape index (κ3) is 3.34. The summed E-state index contributed by atoms with van der Waals surface area (Å²) in [6.07, 6.45) is -0.300. The number of nitrogens with zero attached hydrogens (tertiary/aromatic N) is 2. The molecule has 1 fully saturated rings. The molecule has 1 aromatic carbocycles. The molecule has 2 heterocycles. The number of likely N-dealkylation sites (N-methyl/N-ethyl adjacent to an activating group) is 1. The van der Waals surface area contributed by atoms with Crippen LogP contribution in [-0.4, -0.2) is 58.8 Å². The Kier molecular flexibility index (Phi) is 4.34. The minimum atomic E-state index is -0.953. The summed E-state index contributed by atoms with van der Waals surface area (Å²) in [6, 6.07) is 5.57. The zero-order valence-electron chi connectivity index (χ0n) is 15.8. The van der Waals surface area contributed by atoms with Crippen LogP contribution in [0.5, 0.6) is 0 Å². The van der Waals surface area contributed by atoms with Crippen molar-refractivity contribution in [3.05, 3.63) is 29.5 Å². The fourth-order valence-electron chi connectivity index (χ4n) is 3.20. The van der Waals surface area contributed by atoms with Gasteiger partial charge in [0.05, 0.1) is 17.1 Å². The summed E-state index contributed by atoms with van der Waals surface area (Å²) in [5.74, 6) is -0.953. The van der Waals surface area contributed by atoms with E-state index in [4.69, 9.17) is 4.74 Å². The Balaban J connectivity index is 1.78. The van der Waals surface area contributed by atoms with Crippen molar-refractivity contribution < 1.29 is 19.4 Å². The number of anilines is 1. The van der Waals surface area contributed by atoms with E-state index in [0.29, 0.717) is 18.6 Å². The van der Waals surface area contributed by atoms with Crippen LogP contribution in [0.4, 0.5) is 10.5 Å². The smallest absolute Gasteiger partial charge is 0.410 e. The molecule has 140 valence electrons. The summed E-state index contributed by atoms with van der Waals surface area (Å²) in [7, 11) is 1.97. The molecule has 7 heteroatoms. The van der Waals surface area contributed by atoms with E-state index in [1.807, 2.05) is 46.9 Å². The molecule has 0 radical (unpaired) electrons. The quantitative estimate of drug-likeness (QED) is 0.879. The van der Waals surface area contributed by atoms with Gasteiger partial charge in [-0.2, -0.15) is 0 Å². The first kappa shape index (κ1) is 18.1. The lowest BCUT2D eigenvalue weighted by molar-refractivity contribution is 0.00852. The Bertz CT molecular complexity index is 860. The van der Waals surface area contributed by atoms with Gasteiger partial charge in [0, 0.05) is 36.9 Å². The number of carbonyl (C=O) groups is 2. The maximum Gasteiger partial charge on any atom is 0.410 e. The van der Waals surface area contributed by atoms with E-state index in [9.17, 15) is 14.7 Å². The first-order valence-corrected chi connectivity index (χ1v) is 8.63. The second-order valence-corrected chi connectivity index (χ2v) is 7.83. The molecule has 0 spiro atoms. The molecule has 3 rings (SSSR count). The Hall–Kier alpha value is -2.70. The number of hydrogen-bond acceptors (Lipinski definition) is 4. The number of aromatic carboxylic acids is 1. The maximum absolute atomic E-state index is 12.1. The molecule has 1 amide bonds. The molecule has 26 heavy (non-hydrogen) atoms. The van der Waals surface area contributed by atoms with Crippen LogP contribution in [0, 0.1) is 6.92 Å². The molecule has 0 saturated carbocycles. The van der Waals surface area contributed by atoms with Gasteiger partial charge in [0.15, 0.2) is 0 Å². The Morgan fingerprint density at radius 2 is 1.96 bits per heavy atom. The van der Waals surface area contributed by atoms with Crippen LogP contribution < -0.4 is 4.90 Å². The van der Waals surface area contributed by atoms with E-state index in [1.165, 1.54) is 0 Å². The molecule has 1 aliphatic heterocycles. The van der Waals surface area contributed by atoms with E-state index in [0.717, 1.165) is 16.8 Å². The van der Waals surface area contributed by atoms with Crippen LogP contribution in [0.3, 0.4) is 0 Å². The molecule has 7 nitrogen and oxygen atoms in total. The summed E-state index contributed by atoms with van der Waals surface area (Å²) < 4.78 is 5.39. The number of ether oxygens (including phenoxy) is 1. The number of carboxylic acids is 1. The number of amides is 1. The van der Waals surface area contributed by atoms with Crippen molar-refractivity contribution in [1.82, 2.24) is 9.88 Å². The highest BCUT2D eigenvalue weighted by atomic mass is 16.6. The molecule has 0 bridgehead atoms. The lowest BCUT2D eigenvalue weighted by atomic mass is 10.0. The van der Waals surface area contributed by atoms with Gasteiger partial charge in [0.2, 0.25) is 0 Å². The lowest BCUT2D eigenvalue weighted by Gasteiger charge is -2.45. The van der Waals surface area contributed by atoms with Crippen molar-refractivity contribution in [2.75, 3.05) is 25.0 Å². The predicted molar refractivity (Wildman–Crippen MR) is 100.0 cm³/mol. The van der Waals surface area contributed by atoms with Gasteiger partial charge >= 0.3 is 12.1 Å². The van der Waals surface area contributed by atoms with Crippen LogP contribution >= 0.6 is 0 Å². The normalized spacial score (nSPS) is 15.0. The number of hydrogen-bond donors (Lipinski definition) is 2. The maximum atomic E-state index is 12.1. The van der Waals surface area contributed by atoms with Crippen molar-refractivity contribution in [1.29, 1.82) is 0 Å². The number of fused-ring (bicyclic) bond motifs is 1. The molecule has 2 aromatic rings. The van der Waals surface area contributed by atoms with Crippen LogP contribution in [0.2, 0.25) is 0 Å². The van der Waals surface area contributed by atoms with Crippen LogP contribution in [0.25, 0.3) is 10.9 Å². The van der Waals surface area contributed by atoms with Crippen molar-refractivity contribution in [2.24, 2.45) is 0 Å². The highest BCUT2D eigenvalue weighted by Gasteiger charge is 2.36. The average Bonchev–Trinajstić information content (AvgIpc) is 2.82. The van der Waals surface area contributed by atoms with E-state index in [1.54, 1.807) is 11.0 Å². The predicted octanol–water partition coefficient (Wildman–Crippen LogP) is 3.23. The van der Waals surface area contributed by atoms with E-state index >= 15 is 0 Å². The molecule has 0 atom stereocenters. The van der Waals surface area contributed by atoms with E-state index in [-0.39, 0.29) is 17.7 Å². The first-order chi connectivity index (χ1) is 12.1. The van der Waals surface area contributed by atoms with Crippen LogP contribution in [-0.2, 0) is 4.74 Å². The standard InChI is InChI=1S/C19H25N3O4/c1-11-8-14-15(7-6-13(17(23)24)16(14)20-11)21(5)12-9-22(10-12)18(25)26-19(2,3)4/h6-8,12,20H,9-10H2,1-5H3,(H,23,24). The summed E-state index contributed by atoms with van der Waals surface area (Å²) >= 11 is 0. The molecular formula is C19H25N3O4. The zero-order chi connectivity index (χ0) is 19.2. The van der Waals surface area contributed by atoms with Gasteiger partial charge in [-0.3, -0.25) is 0 Å². The first-order valence-electron chi connectivity index (χ1n) is 8.63. The Morgan fingerprint density at radius 1 is 1.31 bits per heavy atom. The lowest BCUT2D eigenvalue weighted by Crippen LogP contribution is -2.61. The summed E-state index contributed by atoms with van der Waals surface area (Å²) in [4.78, 5) is 30.5. The topological polar surface area (TPSA) is 85.9 Å². The summed E-state index contributed by atoms with van der Waals surface area (Å²) in [6.45, 7) is 8.62. The largest absolute Gasteiger partial charge is 0.478 e. The van der Waals surface area contributed by atoms with Crippen molar-refractivity contribution >= 4 is 28.7 Å². The van der Waals surface area contributed by atoms with E-state index in [2.05, 4.69) is 9.88 Å². The number of carboxylic acid groups (broad SMARTS) is 1. The van der Waals surface area contributed by atoms with Crippen molar-refractivity contribution in [3.63, 3.8) is 0 Å². The average molecular weight is 359 g/mol. The highest BCUT2D eigenvalue weighted by Crippen LogP contribution is 2.32. The Labute approximate surface area is 152 Å². The number of H-pyrrole nitrogens is 1. The number of nitrogens with one attached hydrogen (secondary N) is 1. The van der Waals surface area contributed by atoms with Crippen molar-refractivity contribution in [2.45, 2.75) is 39.3 Å². The molecule has 1 saturated heterocycles. The third-order valence-corrected chi connectivity index (χ3v) is 4.58. The van der Waals surface area contributed by atoms with Crippen LogP contribution in [0.1, 0.15) is 36.8 Å². The number of likely N-dealkylation sites (tertiary alicyclic amines) is 1. The number of aromatic nitrogens is 1. The fourth-order valence-corrected chi connectivity index (χ4v) is 3.20. The SMILES string of the molecule is Cc1cc2c(N(C)C3CN(C(=O)OC(C)(C)C)C3)ccc(C(=O)O)c2[nH]1. The van der Waals surface area contributed by atoms with Gasteiger partial charge in [-0.1, -0.05) is 0 Å². The fraction of sp³-hybridized carbons (Fsp3) is 0.474. The number of aryl methyl sites for hydroxylation is 1. The molecule has 0 unspecified atom stereocenters. The van der Waals surface area contributed by atoms with Gasteiger partial charge in [-0.15, -0.1) is 0 Å². The number of benzene rings is 1.